The lowest BCUT2D eigenvalue weighted by atomic mass is 9.90. The normalized spacial score (nSPS) is 17.9. The molecule has 3 N–H and O–H groups in total. The molecular formula is C23H29N3O4S. The summed E-state index contributed by atoms with van der Waals surface area (Å²) in [4.78, 5) is 50.2. The van der Waals surface area contributed by atoms with E-state index in [0.717, 1.165) is 42.5 Å². The minimum absolute atomic E-state index is 0.0233. The number of anilines is 2. The summed E-state index contributed by atoms with van der Waals surface area (Å²) in [6.07, 6.45) is 6.15. The van der Waals surface area contributed by atoms with Gasteiger partial charge in [-0.1, -0.05) is 13.8 Å². The molecule has 7 nitrogen and oxygen atoms in total. The van der Waals surface area contributed by atoms with Crippen LogP contribution in [-0.2, 0) is 24.1 Å². The minimum atomic E-state index is -0.442. The fourth-order valence-electron chi connectivity index (χ4n) is 4.23. The van der Waals surface area contributed by atoms with Crippen molar-refractivity contribution in [3.05, 3.63) is 42.0 Å². The Morgan fingerprint density at radius 1 is 1.10 bits per heavy atom. The van der Waals surface area contributed by atoms with E-state index in [2.05, 4.69) is 16.0 Å². The molecule has 2 aliphatic rings. The zero-order valence-electron chi connectivity index (χ0n) is 18.1. The number of nitrogens with one attached hydrogen (secondary N) is 3. The molecule has 0 saturated heterocycles. The van der Waals surface area contributed by atoms with Crippen LogP contribution in [0.3, 0.4) is 0 Å². The van der Waals surface area contributed by atoms with Gasteiger partial charge in [-0.2, -0.15) is 0 Å². The lowest BCUT2D eigenvalue weighted by molar-refractivity contribution is -0.116. The van der Waals surface area contributed by atoms with Gasteiger partial charge in [0.05, 0.1) is 11.3 Å². The van der Waals surface area contributed by atoms with Gasteiger partial charge in [-0.3, -0.25) is 19.2 Å². The Labute approximate surface area is 185 Å². The predicted octanol–water partition coefficient (Wildman–Crippen LogP) is 2.75. The highest BCUT2D eigenvalue weighted by Crippen LogP contribution is 2.39. The molecule has 1 aromatic carbocycles. The van der Waals surface area contributed by atoms with Gasteiger partial charge in [0.2, 0.25) is 16.8 Å². The largest absolute Gasteiger partial charge is 0.378 e. The molecule has 1 heterocycles. The van der Waals surface area contributed by atoms with Crippen LogP contribution in [0, 0.1) is 5.92 Å². The maximum absolute atomic E-state index is 13.1. The van der Waals surface area contributed by atoms with E-state index in [9.17, 15) is 19.2 Å². The first kappa shape index (κ1) is 21.7. The zero-order valence-corrected chi connectivity index (χ0v) is 18.9. The monoisotopic (exact) mass is 443 g/mol. The number of hydrogen-bond donors (Lipinski definition) is 3. The first-order valence-corrected chi connectivity index (χ1v) is 12.1. The first-order chi connectivity index (χ1) is 14.9. The van der Waals surface area contributed by atoms with Crippen molar-refractivity contribution in [1.29, 1.82) is 0 Å². The van der Waals surface area contributed by atoms with Crippen molar-refractivity contribution >= 4 is 33.8 Å². The summed E-state index contributed by atoms with van der Waals surface area (Å²) in [6, 6.07) is -0.0233. The first-order valence-electron chi connectivity index (χ1n) is 11.2. The van der Waals surface area contributed by atoms with Crippen molar-refractivity contribution < 1.29 is 9.59 Å². The maximum Gasteiger partial charge on any atom is 0.254 e. The molecule has 0 radical (unpaired) electrons. The second kappa shape index (κ2) is 8.94. The standard InChI is InChI=1S/C23H29N3O4S/c1-3-5-17(27)26-23-18(22(30)24-11-12-6-7-12)15-10-13(8-9-16(15)31-23)25-19-14(4-2)20(28)21(19)29/h12-13,25H,3-11H2,1-2H3,(H,24,30)(H,26,27). The Balaban J connectivity index is 1.57. The average molecular weight is 444 g/mol. The molecule has 1 saturated carbocycles. The van der Waals surface area contributed by atoms with Crippen molar-refractivity contribution in [3.63, 3.8) is 0 Å². The molecule has 2 aromatic rings. The van der Waals surface area contributed by atoms with Gasteiger partial charge < -0.3 is 16.0 Å². The third-order valence-corrected chi connectivity index (χ3v) is 7.38. The van der Waals surface area contributed by atoms with E-state index in [-0.39, 0.29) is 17.9 Å². The van der Waals surface area contributed by atoms with Crippen molar-refractivity contribution in [3.8, 4) is 0 Å². The molecule has 1 unspecified atom stereocenters. The molecule has 31 heavy (non-hydrogen) atoms. The van der Waals surface area contributed by atoms with Gasteiger partial charge in [0.15, 0.2) is 0 Å². The van der Waals surface area contributed by atoms with E-state index in [1.165, 1.54) is 11.3 Å². The van der Waals surface area contributed by atoms with Crippen LogP contribution in [-0.4, -0.2) is 24.4 Å². The summed E-state index contributed by atoms with van der Waals surface area (Å²) < 4.78 is 0. The van der Waals surface area contributed by atoms with Crippen LogP contribution in [0.2, 0.25) is 0 Å². The number of amides is 2. The molecule has 4 rings (SSSR count). The Morgan fingerprint density at radius 2 is 1.87 bits per heavy atom. The molecule has 8 heteroatoms. The van der Waals surface area contributed by atoms with E-state index in [4.69, 9.17) is 0 Å². The van der Waals surface area contributed by atoms with E-state index >= 15 is 0 Å². The molecule has 1 aromatic heterocycles. The highest BCUT2D eigenvalue weighted by atomic mass is 32.1. The third kappa shape index (κ3) is 4.44. The lowest BCUT2D eigenvalue weighted by Crippen LogP contribution is -2.41. The van der Waals surface area contributed by atoms with Crippen LogP contribution in [0.4, 0.5) is 10.7 Å². The van der Waals surface area contributed by atoms with Crippen LogP contribution in [0.5, 0.6) is 0 Å². The van der Waals surface area contributed by atoms with Crippen LogP contribution in [0.1, 0.15) is 72.3 Å². The van der Waals surface area contributed by atoms with Crippen molar-refractivity contribution in [2.75, 3.05) is 17.2 Å². The van der Waals surface area contributed by atoms with Gasteiger partial charge >= 0.3 is 0 Å². The molecule has 0 bridgehead atoms. The van der Waals surface area contributed by atoms with Gasteiger partial charge in [0.1, 0.15) is 5.00 Å². The molecule has 1 atom stereocenters. The summed E-state index contributed by atoms with van der Waals surface area (Å²) in [5.41, 5.74) is 1.69. The smallest absolute Gasteiger partial charge is 0.254 e. The average Bonchev–Trinajstić information content (AvgIpc) is 3.51. The molecule has 166 valence electrons. The second-order valence-electron chi connectivity index (χ2n) is 8.61. The fraction of sp³-hybridized carbons (Fsp3) is 0.565. The van der Waals surface area contributed by atoms with E-state index < -0.39 is 10.9 Å². The summed E-state index contributed by atoms with van der Waals surface area (Å²) in [6.45, 7) is 4.48. The van der Waals surface area contributed by atoms with Crippen LogP contribution in [0.25, 0.3) is 0 Å². The number of thiophene rings is 1. The molecule has 1 fully saturated rings. The molecule has 2 aliphatic carbocycles. The van der Waals surface area contributed by atoms with Gasteiger partial charge in [-0.15, -0.1) is 11.3 Å². The Kier molecular flexibility index (Phi) is 6.27. The summed E-state index contributed by atoms with van der Waals surface area (Å²) in [5, 5.41) is 9.88. The molecule has 2 amide bonds. The minimum Gasteiger partial charge on any atom is -0.378 e. The molecule has 0 spiro atoms. The van der Waals surface area contributed by atoms with E-state index in [0.29, 0.717) is 53.5 Å². The molecular weight excluding hydrogens is 414 g/mol. The number of hydrogen-bond acceptors (Lipinski definition) is 6. The second-order valence-corrected chi connectivity index (χ2v) is 9.71. The van der Waals surface area contributed by atoms with Crippen molar-refractivity contribution in [2.24, 2.45) is 5.92 Å². The van der Waals surface area contributed by atoms with Crippen molar-refractivity contribution in [1.82, 2.24) is 5.32 Å². The number of aryl methyl sites for hydroxylation is 1. The molecule has 0 aliphatic heterocycles. The quantitative estimate of drug-likeness (QED) is 0.517. The van der Waals surface area contributed by atoms with Gasteiger partial charge in [-0.25, -0.2) is 0 Å². The highest BCUT2D eigenvalue weighted by molar-refractivity contribution is 7.17. The van der Waals surface area contributed by atoms with Gasteiger partial charge in [0.25, 0.3) is 5.91 Å². The van der Waals surface area contributed by atoms with E-state index in [1.807, 2.05) is 13.8 Å². The topological polar surface area (TPSA) is 104 Å². The summed E-state index contributed by atoms with van der Waals surface area (Å²) >= 11 is 1.49. The summed E-state index contributed by atoms with van der Waals surface area (Å²) in [5.74, 6) is 0.344. The third-order valence-electron chi connectivity index (χ3n) is 6.18. The number of carbonyl (C=O) groups is 2. The fourth-order valence-corrected chi connectivity index (χ4v) is 5.49. The SMILES string of the molecule is CCCC(=O)Nc1sc2c(c1C(=O)NCC1CC1)CC(Nc1c(CC)c(=O)c1=O)CC2. The Morgan fingerprint density at radius 3 is 2.55 bits per heavy atom. The highest BCUT2D eigenvalue weighted by Gasteiger charge is 2.32. The van der Waals surface area contributed by atoms with Gasteiger partial charge in [0, 0.05) is 29.4 Å². The predicted molar refractivity (Wildman–Crippen MR) is 123 cm³/mol. The number of rotatable bonds is 9. The lowest BCUT2D eigenvalue weighted by Gasteiger charge is -2.26. The van der Waals surface area contributed by atoms with E-state index in [1.54, 1.807) is 0 Å². The number of fused-ring (bicyclic) bond motifs is 1. The maximum atomic E-state index is 13.1. The van der Waals surface area contributed by atoms with Gasteiger partial charge in [-0.05, 0) is 56.4 Å². The van der Waals surface area contributed by atoms with Crippen molar-refractivity contribution in [2.45, 2.75) is 71.3 Å². The van der Waals surface area contributed by atoms with Crippen LogP contribution in [0.15, 0.2) is 9.59 Å². The number of carbonyl (C=O) groups excluding carboxylic acids is 2. The van der Waals surface area contributed by atoms with Crippen LogP contribution >= 0.6 is 11.3 Å². The zero-order chi connectivity index (χ0) is 22.1. The van der Waals surface area contributed by atoms with Crippen LogP contribution < -0.4 is 26.8 Å². The summed E-state index contributed by atoms with van der Waals surface area (Å²) in [7, 11) is 0. The Bertz CT molecular complexity index is 1080. The Hall–Kier alpha value is -2.48.